The molecule has 2 heterocycles. The number of unbranched alkanes of at least 4 members (excludes halogenated alkanes) is 1. The molecule has 202 valence electrons. The van der Waals surface area contributed by atoms with Crippen molar-refractivity contribution in [3.05, 3.63) is 37.4 Å². The maximum atomic E-state index is 11.4. The Morgan fingerprint density at radius 2 is 1.00 bits per heavy atom. The monoisotopic (exact) mass is 636 g/mol. The summed E-state index contributed by atoms with van der Waals surface area (Å²) in [6.07, 6.45) is 16.4. The molecule has 0 saturated heterocycles. The molecule has 2 aromatic heterocycles. The molecule has 0 aliphatic heterocycles. The number of alkyl halides is 2. The van der Waals surface area contributed by atoms with E-state index >= 15 is 0 Å². The van der Waals surface area contributed by atoms with Gasteiger partial charge in [-0.3, -0.25) is 0 Å². The molecule has 0 amide bonds. The van der Waals surface area contributed by atoms with Crippen LogP contribution in [0, 0.1) is 0 Å². The highest BCUT2D eigenvalue weighted by molar-refractivity contribution is 9.09. The minimum Gasteiger partial charge on any atom is -0.434 e. The van der Waals surface area contributed by atoms with Gasteiger partial charge in [0.1, 0.15) is 24.8 Å². The maximum Gasteiger partial charge on any atom is 0.508 e. The van der Waals surface area contributed by atoms with E-state index in [9.17, 15) is 9.59 Å². The van der Waals surface area contributed by atoms with Gasteiger partial charge in [0.2, 0.25) is 12.7 Å². The number of hydrogen-bond donors (Lipinski definition) is 0. The number of imidazole rings is 2. The largest absolute Gasteiger partial charge is 0.508 e. The van der Waals surface area contributed by atoms with Gasteiger partial charge in [-0.05, 0) is 25.7 Å². The molecule has 36 heavy (non-hydrogen) atoms. The number of rotatable bonds is 19. The first kappa shape index (κ1) is 30.1. The SMILES string of the molecule is O=C(OCCCBr)OCCC[n+]1ccn(CCCCn2cc[n+](CCCOC(=O)OCCCBr)c2)c1. The Morgan fingerprint density at radius 1 is 0.611 bits per heavy atom. The van der Waals surface area contributed by atoms with Crippen molar-refractivity contribution in [1.82, 2.24) is 9.13 Å². The van der Waals surface area contributed by atoms with Crippen LogP contribution in [0.1, 0.15) is 38.5 Å². The minimum atomic E-state index is -0.598. The van der Waals surface area contributed by atoms with Gasteiger partial charge in [0.25, 0.3) is 0 Å². The summed E-state index contributed by atoms with van der Waals surface area (Å²) in [5, 5.41) is 1.60. The van der Waals surface area contributed by atoms with Crippen molar-refractivity contribution in [1.29, 1.82) is 0 Å². The number of ether oxygens (including phenoxy) is 4. The molecule has 0 atom stereocenters. The average molecular weight is 638 g/mol. The van der Waals surface area contributed by atoms with E-state index in [0.717, 1.165) is 75.4 Å². The van der Waals surface area contributed by atoms with E-state index in [4.69, 9.17) is 18.9 Å². The van der Waals surface area contributed by atoms with E-state index in [1.54, 1.807) is 0 Å². The van der Waals surface area contributed by atoms with Crippen molar-refractivity contribution < 1.29 is 37.7 Å². The smallest absolute Gasteiger partial charge is 0.434 e. The highest BCUT2D eigenvalue weighted by Gasteiger charge is 2.08. The van der Waals surface area contributed by atoms with Crippen molar-refractivity contribution >= 4 is 44.2 Å². The lowest BCUT2D eigenvalue weighted by Crippen LogP contribution is -2.32. The maximum absolute atomic E-state index is 11.4. The average Bonchev–Trinajstić information content (AvgIpc) is 3.52. The highest BCUT2D eigenvalue weighted by atomic mass is 79.9. The topological polar surface area (TPSA) is 88.7 Å². The second-order valence-corrected chi connectivity index (χ2v) is 9.76. The number of aryl methyl sites for hydroxylation is 4. The zero-order chi connectivity index (χ0) is 25.8. The number of nitrogens with zero attached hydrogens (tertiary/aromatic N) is 4. The number of halogens is 2. The van der Waals surface area contributed by atoms with Crippen LogP contribution in [0.3, 0.4) is 0 Å². The van der Waals surface area contributed by atoms with E-state index in [-0.39, 0.29) is 0 Å². The van der Waals surface area contributed by atoms with Crippen LogP contribution in [0.4, 0.5) is 9.59 Å². The second kappa shape index (κ2) is 19.1. The van der Waals surface area contributed by atoms with E-state index in [0.29, 0.717) is 26.4 Å². The first-order valence-electron chi connectivity index (χ1n) is 12.4. The summed E-state index contributed by atoms with van der Waals surface area (Å²) in [5.74, 6) is 0. The van der Waals surface area contributed by atoms with Crippen LogP contribution in [0.2, 0.25) is 0 Å². The van der Waals surface area contributed by atoms with Gasteiger partial charge in [-0.2, -0.15) is 0 Å². The molecule has 0 unspecified atom stereocenters. The van der Waals surface area contributed by atoms with Crippen LogP contribution in [0.15, 0.2) is 37.4 Å². The van der Waals surface area contributed by atoms with E-state index in [1.165, 1.54) is 0 Å². The van der Waals surface area contributed by atoms with E-state index in [1.807, 2.05) is 12.4 Å². The summed E-state index contributed by atoms with van der Waals surface area (Å²) < 4.78 is 28.6. The molecular weight excluding hydrogens is 600 g/mol. The third-order valence-corrected chi connectivity index (χ3v) is 6.25. The molecule has 0 radical (unpaired) electrons. The van der Waals surface area contributed by atoms with Gasteiger partial charge in [0, 0.05) is 23.5 Å². The Hall–Kier alpha value is -2.08. The van der Waals surface area contributed by atoms with Gasteiger partial charge in [-0.15, -0.1) is 0 Å². The van der Waals surface area contributed by atoms with Crippen LogP contribution < -0.4 is 9.13 Å². The van der Waals surface area contributed by atoms with Crippen LogP contribution in [0.5, 0.6) is 0 Å². The van der Waals surface area contributed by atoms with Crippen LogP contribution in [-0.4, -0.2) is 58.5 Å². The van der Waals surface area contributed by atoms with Gasteiger partial charge in [-0.1, -0.05) is 31.9 Å². The quantitative estimate of drug-likeness (QED) is 0.100. The molecule has 2 rings (SSSR count). The normalized spacial score (nSPS) is 10.8. The summed E-state index contributed by atoms with van der Waals surface area (Å²) in [6.45, 7) is 4.92. The number of hydrogen-bond acceptors (Lipinski definition) is 6. The zero-order valence-corrected chi connectivity index (χ0v) is 23.9. The number of carbonyl (C=O) groups is 2. The fourth-order valence-electron chi connectivity index (χ4n) is 3.30. The Labute approximate surface area is 229 Å². The molecule has 12 heteroatoms. The molecule has 0 saturated carbocycles. The Balaban J connectivity index is 1.51. The Morgan fingerprint density at radius 3 is 1.39 bits per heavy atom. The lowest BCUT2D eigenvalue weighted by molar-refractivity contribution is -0.697. The fraction of sp³-hybridized carbons (Fsp3) is 0.667. The Kier molecular flexibility index (Phi) is 16.0. The highest BCUT2D eigenvalue weighted by Crippen LogP contribution is 1.99. The molecule has 0 fully saturated rings. The molecule has 2 aromatic rings. The van der Waals surface area contributed by atoms with Gasteiger partial charge in [0.15, 0.2) is 0 Å². The van der Waals surface area contributed by atoms with Crippen molar-refractivity contribution in [3.63, 3.8) is 0 Å². The van der Waals surface area contributed by atoms with E-state index in [2.05, 4.69) is 75.2 Å². The van der Waals surface area contributed by atoms with Gasteiger partial charge >= 0.3 is 12.3 Å². The number of carbonyl (C=O) groups excluding carboxylic acids is 2. The first-order valence-corrected chi connectivity index (χ1v) is 14.7. The summed E-state index contributed by atoms with van der Waals surface area (Å²) in [4.78, 5) is 22.8. The number of aromatic nitrogens is 4. The van der Waals surface area contributed by atoms with Gasteiger partial charge in [-0.25, -0.2) is 27.9 Å². The molecule has 0 aliphatic rings. The van der Waals surface area contributed by atoms with Crippen molar-refractivity contribution in [2.75, 3.05) is 37.1 Å². The third kappa shape index (κ3) is 13.9. The van der Waals surface area contributed by atoms with Gasteiger partial charge < -0.3 is 18.9 Å². The van der Waals surface area contributed by atoms with Crippen molar-refractivity contribution in [3.8, 4) is 0 Å². The molecule has 0 aromatic carbocycles. The summed E-state index contributed by atoms with van der Waals surface area (Å²) in [7, 11) is 0. The van der Waals surface area contributed by atoms with Gasteiger partial charge in [0.05, 0.1) is 52.6 Å². The standard InChI is InChI=1S/C24H38Br2N4O6/c25-7-3-17-33-23(31)35-19-5-11-29-15-13-27(21-29)9-1-2-10-28-14-16-30(22-28)12-6-20-36-24(32)34-18-4-8-26/h13-16,21-22H,1-12,17-20H2/q+2. The third-order valence-electron chi connectivity index (χ3n) is 5.13. The molecule has 0 N–H and O–H groups in total. The Bertz CT molecular complexity index is 806. The zero-order valence-electron chi connectivity index (χ0n) is 20.8. The minimum absolute atomic E-state index is 0.347. The second-order valence-electron chi connectivity index (χ2n) is 8.17. The molecule has 0 bridgehead atoms. The molecule has 0 spiro atoms. The van der Waals surface area contributed by atoms with Crippen LogP contribution >= 0.6 is 31.9 Å². The summed E-state index contributed by atoms with van der Waals surface area (Å²) >= 11 is 6.57. The lowest BCUT2D eigenvalue weighted by atomic mass is 10.3. The lowest BCUT2D eigenvalue weighted by Gasteiger charge is -2.04. The molecular formula is C24H38Br2N4O6+2. The predicted molar refractivity (Wildman–Crippen MR) is 139 cm³/mol. The fourth-order valence-corrected chi connectivity index (χ4v) is 3.76. The summed E-state index contributed by atoms with van der Waals surface area (Å²) in [6, 6.07) is 0. The van der Waals surface area contributed by atoms with Crippen LogP contribution in [0.25, 0.3) is 0 Å². The van der Waals surface area contributed by atoms with Crippen LogP contribution in [-0.2, 0) is 45.1 Å². The summed E-state index contributed by atoms with van der Waals surface area (Å²) in [5.41, 5.74) is 0. The van der Waals surface area contributed by atoms with E-state index < -0.39 is 12.3 Å². The molecule has 0 aliphatic carbocycles. The van der Waals surface area contributed by atoms with Crippen molar-refractivity contribution in [2.24, 2.45) is 0 Å². The predicted octanol–water partition coefficient (Wildman–Crippen LogP) is 4.00. The first-order chi connectivity index (χ1) is 17.6. The molecule has 10 nitrogen and oxygen atoms in total. The van der Waals surface area contributed by atoms with Crippen molar-refractivity contribution in [2.45, 2.75) is 64.7 Å².